The van der Waals surface area contributed by atoms with Gasteiger partial charge in [-0.15, -0.1) is 0 Å². The van der Waals surface area contributed by atoms with Gasteiger partial charge in [0.05, 0.1) is 0 Å². The molecule has 1 heterocycles. The van der Waals surface area contributed by atoms with Gasteiger partial charge in [0.1, 0.15) is 6.10 Å². The lowest BCUT2D eigenvalue weighted by Crippen LogP contribution is -2.41. The molecule has 1 N–H and O–H groups in total. The molecular formula is C19H28N2O3. The van der Waals surface area contributed by atoms with Crippen molar-refractivity contribution in [2.75, 3.05) is 24.6 Å². The molecule has 5 nitrogen and oxygen atoms in total. The van der Waals surface area contributed by atoms with E-state index in [1.165, 1.54) is 5.56 Å². The number of hydrogen-bond acceptors (Lipinski definition) is 3. The fourth-order valence-corrected chi connectivity index (χ4v) is 2.80. The van der Waals surface area contributed by atoms with Crippen LogP contribution in [0.1, 0.15) is 46.1 Å². The maximum absolute atomic E-state index is 11.9. The van der Waals surface area contributed by atoms with E-state index < -0.39 is 0 Å². The Balaban J connectivity index is 1.94. The SMILES string of the molecule is CC(=O)N(CCNC(=O)C1CCCO1)c1ccc(C(C)(C)C)cc1. The Labute approximate surface area is 144 Å². The Kier molecular flexibility index (Phi) is 5.99. The number of amides is 2. The first-order valence-corrected chi connectivity index (χ1v) is 8.57. The zero-order valence-corrected chi connectivity index (χ0v) is 15.1. The summed E-state index contributed by atoms with van der Waals surface area (Å²) in [6.07, 6.45) is 1.37. The second kappa shape index (κ2) is 7.79. The summed E-state index contributed by atoms with van der Waals surface area (Å²) in [5, 5.41) is 2.86. The fourth-order valence-electron chi connectivity index (χ4n) is 2.80. The van der Waals surface area contributed by atoms with E-state index in [-0.39, 0.29) is 23.3 Å². The molecule has 1 atom stereocenters. The number of carbonyl (C=O) groups excluding carboxylic acids is 2. The van der Waals surface area contributed by atoms with Crippen LogP contribution in [-0.2, 0) is 19.7 Å². The maximum Gasteiger partial charge on any atom is 0.249 e. The molecule has 0 aromatic heterocycles. The molecule has 1 aromatic carbocycles. The van der Waals surface area contributed by atoms with Crippen LogP contribution in [0.5, 0.6) is 0 Å². The minimum Gasteiger partial charge on any atom is -0.368 e. The Hall–Kier alpha value is -1.88. The van der Waals surface area contributed by atoms with Crippen molar-refractivity contribution < 1.29 is 14.3 Å². The Morgan fingerprint density at radius 2 is 1.92 bits per heavy atom. The van der Waals surface area contributed by atoms with E-state index in [1.807, 2.05) is 12.1 Å². The predicted octanol–water partition coefficient (Wildman–Crippen LogP) is 2.63. The summed E-state index contributed by atoms with van der Waals surface area (Å²) in [7, 11) is 0. The molecule has 2 rings (SSSR count). The van der Waals surface area contributed by atoms with E-state index in [0.717, 1.165) is 18.5 Å². The van der Waals surface area contributed by atoms with E-state index in [2.05, 4.69) is 38.2 Å². The number of anilines is 1. The standard InChI is InChI=1S/C19H28N2O3/c1-14(22)21(12-11-20-18(23)17-6-5-13-24-17)16-9-7-15(8-10-16)19(2,3)4/h7-10,17H,5-6,11-13H2,1-4H3,(H,20,23). The third kappa shape index (κ3) is 4.81. The highest BCUT2D eigenvalue weighted by atomic mass is 16.5. The summed E-state index contributed by atoms with van der Waals surface area (Å²) < 4.78 is 5.36. The largest absolute Gasteiger partial charge is 0.368 e. The summed E-state index contributed by atoms with van der Waals surface area (Å²) >= 11 is 0. The monoisotopic (exact) mass is 332 g/mol. The van der Waals surface area contributed by atoms with Crippen molar-refractivity contribution in [3.8, 4) is 0 Å². The first kappa shape index (κ1) is 18.5. The highest BCUT2D eigenvalue weighted by molar-refractivity contribution is 5.91. The highest BCUT2D eigenvalue weighted by Crippen LogP contribution is 2.25. The molecule has 1 saturated heterocycles. The van der Waals surface area contributed by atoms with Crippen molar-refractivity contribution in [3.05, 3.63) is 29.8 Å². The second-order valence-corrected chi connectivity index (χ2v) is 7.26. The molecule has 1 aliphatic heterocycles. The average Bonchev–Trinajstić information content (AvgIpc) is 3.05. The van der Waals surface area contributed by atoms with Crippen LogP contribution in [-0.4, -0.2) is 37.6 Å². The van der Waals surface area contributed by atoms with Crippen molar-refractivity contribution in [1.82, 2.24) is 5.32 Å². The molecule has 2 amide bonds. The van der Waals surface area contributed by atoms with Crippen LogP contribution < -0.4 is 10.2 Å². The van der Waals surface area contributed by atoms with Crippen LogP contribution in [0.25, 0.3) is 0 Å². The van der Waals surface area contributed by atoms with Gasteiger partial charge in [-0.05, 0) is 36.0 Å². The van der Waals surface area contributed by atoms with Gasteiger partial charge in [0.25, 0.3) is 0 Å². The Morgan fingerprint density at radius 1 is 1.25 bits per heavy atom. The quantitative estimate of drug-likeness (QED) is 0.902. The molecule has 1 unspecified atom stereocenters. The number of nitrogens with one attached hydrogen (secondary N) is 1. The van der Waals surface area contributed by atoms with Crippen molar-refractivity contribution in [2.45, 2.75) is 52.1 Å². The van der Waals surface area contributed by atoms with E-state index >= 15 is 0 Å². The molecule has 0 spiro atoms. The molecule has 1 fully saturated rings. The molecule has 132 valence electrons. The van der Waals surface area contributed by atoms with Crippen LogP contribution in [0.2, 0.25) is 0 Å². The van der Waals surface area contributed by atoms with Gasteiger partial charge in [0.15, 0.2) is 0 Å². The highest BCUT2D eigenvalue weighted by Gasteiger charge is 2.23. The molecule has 1 aliphatic rings. The summed E-state index contributed by atoms with van der Waals surface area (Å²) in [6.45, 7) is 9.53. The normalized spacial score (nSPS) is 17.6. The zero-order valence-electron chi connectivity index (χ0n) is 15.1. The number of ether oxygens (including phenoxy) is 1. The van der Waals surface area contributed by atoms with Gasteiger partial charge in [-0.25, -0.2) is 0 Å². The third-order valence-corrected chi connectivity index (χ3v) is 4.28. The average molecular weight is 332 g/mol. The van der Waals surface area contributed by atoms with E-state index in [4.69, 9.17) is 4.74 Å². The van der Waals surface area contributed by atoms with Crippen molar-refractivity contribution in [2.24, 2.45) is 0 Å². The molecule has 0 radical (unpaired) electrons. The number of benzene rings is 1. The molecule has 5 heteroatoms. The van der Waals surface area contributed by atoms with Gasteiger partial charge < -0.3 is 15.0 Å². The van der Waals surface area contributed by atoms with Gasteiger partial charge in [-0.3, -0.25) is 9.59 Å². The molecular weight excluding hydrogens is 304 g/mol. The molecule has 1 aromatic rings. The number of rotatable bonds is 5. The fraction of sp³-hybridized carbons (Fsp3) is 0.579. The van der Waals surface area contributed by atoms with Crippen molar-refractivity contribution in [1.29, 1.82) is 0 Å². The minimum absolute atomic E-state index is 0.0372. The third-order valence-electron chi connectivity index (χ3n) is 4.28. The minimum atomic E-state index is -0.332. The van der Waals surface area contributed by atoms with Crippen LogP contribution in [0.4, 0.5) is 5.69 Å². The van der Waals surface area contributed by atoms with Crippen molar-refractivity contribution in [3.63, 3.8) is 0 Å². The molecule has 24 heavy (non-hydrogen) atoms. The molecule has 0 saturated carbocycles. The number of carbonyl (C=O) groups is 2. The van der Waals surface area contributed by atoms with Crippen LogP contribution in [0, 0.1) is 0 Å². The van der Waals surface area contributed by atoms with E-state index in [0.29, 0.717) is 19.7 Å². The predicted molar refractivity (Wildman–Crippen MR) is 95.2 cm³/mol. The maximum atomic E-state index is 11.9. The van der Waals surface area contributed by atoms with Crippen molar-refractivity contribution >= 4 is 17.5 Å². The second-order valence-electron chi connectivity index (χ2n) is 7.26. The van der Waals surface area contributed by atoms with Crippen LogP contribution >= 0.6 is 0 Å². The summed E-state index contributed by atoms with van der Waals surface area (Å²) in [6, 6.07) is 8.03. The first-order chi connectivity index (χ1) is 11.3. The van der Waals surface area contributed by atoms with E-state index in [1.54, 1.807) is 11.8 Å². The summed E-state index contributed by atoms with van der Waals surface area (Å²) in [5.41, 5.74) is 2.15. The number of hydrogen-bond donors (Lipinski definition) is 1. The smallest absolute Gasteiger partial charge is 0.249 e. The van der Waals surface area contributed by atoms with Gasteiger partial charge in [0, 0.05) is 32.3 Å². The van der Waals surface area contributed by atoms with Crippen LogP contribution in [0.3, 0.4) is 0 Å². The zero-order chi connectivity index (χ0) is 17.7. The lowest BCUT2D eigenvalue weighted by atomic mass is 9.87. The summed E-state index contributed by atoms with van der Waals surface area (Å²) in [4.78, 5) is 25.6. The van der Waals surface area contributed by atoms with Gasteiger partial charge in [0.2, 0.25) is 11.8 Å². The first-order valence-electron chi connectivity index (χ1n) is 8.57. The lowest BCUT2D eigenvalue weighted by molar-refractivity contribution is -0.130. The van der Waals surface area contributed by atoms with E-state index in [9.17, 15) is 9.59 Å². The van der Waals surface area contributed by atoms with Crippen LogP contribution in [0.15, 0.2) is 24.3 Å². The van der Waals surface area contributed by atoms with Gasteiger partial charge in [-0.1, -0.05) is 32.9 Å². The Morgan fingerprint density at radius 3 is 2.42 bits per heavy atom. The van der Waals surface area contributed by atoms with Gasteiger partial charge >= 0.3 is 0 Å². The lowest BCUT2D eigenvalue weighted by Gasteiger charge is -2.24. The Bertz CT molecular complexity index is 569. The summed E-state index contributed by atoms with van der Waals surface area (Å²) in [5.74, 6) is -0.121. The number of nitrogens with zero attached hydrogens (tertiary/aromatic N) is 1. The topological polar surface area (TPSA) is 58.6 Å². The molecule has 0 bridgehead atoms. The van der Waals surface area contributed by atoms with Gasteiger partial charge in [-0.2, -0.15) is 0 Å². The molecule has 0 aliphatic carbocycles.